The van der Waals surface area contributed by atoms with Gasteiger partial charge in [-0.05, 0) is 31.4 Å². The molecule has 0 saturated carbocycles. The third kappa shape index (κ3) is 3.48. The maximum Gasteiger partial charge on any atom is 0.351 e. The molecule has 1 aromatic carbocycles. The molecule has 1 saturated heterocycles. The van der Waals surface area contributed by atoms with Crippen LogP contribution in [0.3, 0.4) is 0 Å². The summed E-state index contributed by atoms with van der Waals surface area (Å²) in [7, 11) is -7.07. The minimum absolute atomic E-state index is 0.997. The molecule has 1 heterocycles. The van der Waals surface area contributed by atoms with Crippen molar-refractivity contribution in [2.45, 2.75) is 26.2 Å². The summed E-state index contributed by atoms with van der Waals surface area (Å²) in [5.74, 6) is 0. The summed E-state index contributed by atoms with van der Waals surface area (Å²) in [6, 6.07) is 10.2. The summed E-state index contributed by atoms with van der Waals surface area (Å²) in [6.45, 7) is 8.28. The Morgan fingerprint density at radius 2 is 1.78 bits per heavy atom. The quantitative estimate of drug-likeness (QED) is 0.711. The van der Waals surface area contributed by atoms with E-state index in [2.05, 4.69) is 31.8 Å². The van der Waals surface area contributed by atoms with E-state index in [9.17, 15) is 0 Å². The zero-order valence-electron chi connectivity index (χ0n) is 11.3. The van der Waals surface area contributed by atoms with Crippen molar-refractivity contribution >= 4 is 41.6 Å². The van der Waals surface area contributed by atoms with Crippen molar-refractivity contribution < 1.29 is 16.5 Å². The van der Waals surface area contributed by atoms with Crippen LogP contribution in [0.15, 0.2) is 30.3 Å². The van der Waals surface area contributed by atoms with Crippen LogP contribution in [0.4, 0.5) is 0 Å². The SMILES string of the molecule is C[SiH]1O[SiH2]O[Si](C)(c2ccccc2)O[Si](C)(C)O1. The highest BCUT2D eigenvalue weighted by Crippen LogP contribution is 2.20. The van der Waals surface area contributed by atoms with Crippen LogP contribution < -0.4 is 5.19 Å². The molecule has 0 radical (unpaired) electrons. The monoisotopic (exact) mass is 316 g/mol. The standard InChI is InChI=1S/C10H20O4Si4/c1-16-11-15-12-18(4,14-17(2,3)13-16)10-8-6-5-7-9-10/h5-9,16H,15H2,1-4H3. The number of hydrogen-bond acceptors (Lipinski definition) is 4. The second kappa shape index (κ2) is 5.51. The van der Waals surface area contributed by atoms with Gasteiger partial charge in [-0.15, -0.1) is 0 Å². The molecule has 1 aliphatic heterocycles. The van der Waals surface area contributed by atoms with Crippen LogP contribution in [0.1, 0.15) is 0 Å². The first kappa shape index (κ1) is 14.3. The Balaban J connectivity index is 2.26. The van der Waals surface area contributed by atoms with Crippen LogP contribution in [0.5, 0.6) is 0 Å². The van der Waals surface area contributed by atoms with Crippen LogP contribution in [0, 0.1) is 0 Å². The van der Waals surface area contributed by atoms with E-state index in [0.717, 1.165) is 5.19 Å². The Bertz CT molecular complexity index is 402. The first-order chi connectivity index (χ1) is 8.41. The lowest BCUT2D eigenvalue weighted by molar-refractivity contribution is 0.279. The van der Waals surface area contributed by atoms with E-state index in [1.807, 2.05) is 24.7 Å². The smallest absolute Gasteiger partial charge is 0.351 e. The van der Waals surface area contributed by atoms with Gasteiger partial charge < -0.3 is 16.5 Å². The summed E-state index contributed by atoms with van der Waals surface area (Å²) in [5.41, 5.74) is 0. The molecule has 1 fully saturated rings. The molecule has 0 amide bonds. The van der Waals surface area contributed by atoms with Crippen molar-refractivity contribution in [3.05, 3.63) is 30.3 Å². The van der Waals surface area contributed by atoms with E-state index >= 15 is 0 Å². The fraction of sp³-hybridized carbons (Fsp3) is 0.400. The highest BCUT2D eigenvalue weighted by Gasteiger charge is 2.44. The molecule has 1 aromatic rings. The number of hydrogen-bond donors (Lipinski definition) is 0. The summed E-state index contributed by atoms with van der Waals surface area (Å²) in [6.07, 6.45) is 0. The van der Waals surface area contributed by atoms with Gasteiger partial charge in [0.15, 0.2) is 0 Å². The minimum atomic E-state index is -2.36. The predicted octanol–water partition coefficient (Wildman–Crippen LogP) is 0.596. The van der Waals surface area contributed by atoms with E-state index in [1.54, 1.807) is 0 Å². The van der Waals surface area contributed by atoms with Crippen molar-refractivity contribution in [3.63, 3.8) is 0 Å². The van der Waals surface area contributed by atoms with Gasteiger partial charge in [0.05, 0.1) is 0 Å². The van der Waals surface area contributed by atoms with Gasteiger partial charge >= 0.3 is 17.1 Å². The molecule has 100 valence electrons. The van der Waals surface area contributed by atoms with E-state index < -0.39 is 36.4 Å². The molecular weight excluding hydrogens is 296 g/mol. The van der Waals surface area contributed by atoms with Crippen LogP contribution in [0.2, 0.25) is 26.2 Å². The molecular formula is C10H20O4Si4. The maximum absolute atomic E-state index is 6.35. The van der Waals surface area contributed by atoms with Crippen LogP contribution in [-0.2, 0) is 16.5 Å². The lowest BCUT2D eigenvalue weighted by Crippen LogP contribution is -2.61. The Labute approximate surface area is 115 Å². The summed E-state index contributed by atoms with van der Waals surface area (Å²) in [4.78, 5) is 0. The predicted molar refractivity (Wildman–Crippen MR) is 81.1 cm³/mol. The van der Waals surface area contributed by atoms with Crippen LogP contribution in [-0.4, -0.2) is 36.4 Å². The molecule has 0 N–H and O–H groups in total. The van der Waals surface area contributed by atoms with Crippen molar-refractivity contribution in [2.75, 3.05) is 0 Å². The molecule has 18 heavy (non-hydrogen) atoms. The lowest BCUT2D eigenvalue weighted by atomic mass is 10.4. The third-order valence-electron chi connectivity index (χ3n) is 2.83. The van der Waals surface area contributed by atoms with Crippen LogP contribution >= 0.6 is 0 Å². The fourth-order valence-electron chi connectivity index (χ4n) is 2.08. The Hall–Kier alpha value is -0.0725. The molecule has 8 heteroatoms. The molecule has 4 nitrogen and oxygen atoms in total. The molecule has 2 atom stereocenters. The van der Waals surface area contributed by atoms with Gasteiger partial charge in [-0.1, -0.05) is 30.3 Å². The second-order valence-corrected chi connectivity index (χ2v) is 15.8. The first-order valence-electron chi connectivity index (χ1n) is 6.10. The van der Waals surface area contributed by atoms with Gasteiger partial charge in [-0.25, -0.2) is 0 Å². The van der Waals surface area contributed by atoms with Gasteiger partial charge in [0.2, 0.25) is 0 Å². The average molecular weight is 317 g/mol. The Kier molecular flexibility index (Phi) is 4.39. The molecule has 1 aliphatic rings. The molecule has 0 spiro atoms. The zero-order valence-corrected chi connectivity index (χ0v) is 15.9. The minimum Gasteiger partial charge on any atom is -0.423 e. The molecule has 0 aromatic heterocycles. The highest BCUT2D eigenvalue weighted by molar-refractivity contribution is 6.91. The molecule has 2 unspecified atom stereocenters. The van der Waals surface area contributed by atoms with Crippen molar-refractivity contribution in [1.82, 2.24) is 0 Å². The van der Waals surface area contributed by atoms with Gasteiger partial charge in [-0.3, -0.25) is 0 Å². The van der Waals surface area contributed by atoms with Crippen molar-refractivity contribution in [1.29, 1.82) is 0 Å². The van der Waals surface area contributed by atoms with E-state index in [1.165, 1.54) is 0 Å². The fourth-order valence-corrected chi connectivity index (χ4v) is 15.8. The van der Waals surface area contributed by atoms with Crippen molar-refractivity contribution in [3.8, 4) is 0 Å². The summed E-state index contributed by atoms with van der Waals surface area (Å²) in [5, 5.41) is 1.15. The molecule has 0 bridgehead atoms. The lowest BCUT2D eigenvalue weighted by Gasteiger charge is -2.39. The average Bonchev–Trinajstić information content (AvgIpc) is 2.27. The summed E-state index contributed by atoms with van der Waals surface area (Å²) < 4.78 is 24.2. The molecule has 2 rings (SSSR count). The number of benzene rings is 1. The molecule has 0 aliphatic carbocycles. The topological polar surface area (TPSA) is 36.9 Å². The normalized spacial score (nSPS) is 33.9. The van der Waals surface area contributed by atoms with Crippen LogP contribution in [0.25, 0.3) is 0 Å². The van der Waals surface area contributed by atoms with E-state index in [0.29, 0.717) is 0 Å². The number of rotatable bonds is 1. The van der Waals surface area contributed by atoms with E-state index in [-0.39, 0.29) is 0 Å². The third-order valence-corrected chi connectivity index (χ3v) is 16.4. The van der Waals surface area contributed by atoms with Gasteiger partial charge in [0.1, 0.15) is 0 Å². The van der Waals surface area contributed by atoms with Gasteiger partial charge in [0.25, 0.3) is 19.3 Å². The Morgan fingerprint density at radius 3 is 2.44 bits per heavy atom. The second-order valence-electron chi connectivity index (χ2n) is 4.93. The van der Waals surface area contributed by atoms with Crippen molar-refractivity contribution in [2.24, 2.45) is 0 Å². The highest BCUT2D eigenvalue weighted by atomic mass is 28.5. The van der Waals surface area contributed by atoms with E-state index in [4.69, 9.17) is 16.5 Å². The van der Waals surface area contributed by atoms with Gasteiger partial charge in [0, 0.05) is 0 Å². The van der Waals surface area contributed by atoms with Gasteiger partial charge in [-0.2, -0.15) is 0 Å². The maximum atomic E-state index is 6.35. The zero-order chi connectivity index (χ0) is 13.2. The summed E-state index contributed by atoms with van der Waals surface area (Å²) >= 11 is 0. The Morgan fingerprint density at radius 1 is 1.11 bits per heavy atom. The largest absolute Gasteiger partial charge is 0.423 e. The first-order valence-corrected chi connectivity index (χ1v) is 14.5.